The summed E-state index contributed by atoms with van der Waals surface area (Å²) in [4.78, 5) is 15.0. The number of anilines is 1. The molecule has 19 heavy (non-hydrogen) atoms. The van der Waals surface area contributed by atoms with E-state index in [1.165, 1.54) is 17.3 Å². The number of urea groups is 1. The Bertz CT molecular complexity index is 542. The predicted molar refractivity (Wildman–Crippen MR) is 72.7 cm³/mol. The topological polar surface area (TPSA) is 74.5 Å². The average Bonchev–Trinajstić information content (AvgIpc) is 2.74. The van der Waals surface area contributed by atoms with Gasteiger partial charge in [0.15, 0.2) is 0 Å². The first-order chi connectivity index (χ1) is 8.80. The van der Waals surface area contributed by atoms with Gasteiger partial charge in [-0.25, -0.2) is 14.8 Å². The van der Waals surface area contributed by atoms with E-state index in [1.807, 2.05) is 0 Å². The van der Waals surface area contributed by atoms with Crippen molar-refractivity contribution in [2.24, 2.45) is 5.73 Å². The van der Waals surface area contributed by atoms with Crippen LogP contribution < -0.4 is 16.2 Å². The number of hydrazine groups is 2. The summed E-state index contributed by atoms with van der Waals surface area (Å²) in [5.74, 6) is -0.663. The summed E-state index contributed by atoms with van der Waals surface area (Å²) < 4.78 is 13.7. The third-order valence-corrected chi connectivity index (χ3v) is 4.55. The minimum absolute atomic E-state index is 0.169. The number of primary amides is 1. The molecule has 0 radical (unpaired) electrons. The van der Waals surface area contributed by atoms with E-state index in [-0.39, 0.29) is 5.69 Å². The lowest BCUT2D eigenvalue weighted by molar-refractivity contribution is 0.196. The number of carbonyl (C=O) groups is 1. The van der Waals surface area contributed by atoms with Crippen molar-refractivity contribution in [1.82, 2.24) is 15.5 Å². The zero-order valence-corrected chi connectivity index (χ0v) is 12.0. The lowest BCUT2D eigenvalue weighted by atomic mass is 10.4. The summed E-state index contributed by atoms with van der Waals surface area (Å²) in [5, 5.41) is 3.31. The number of nitrogens with two attached hydrogens (primary N) is 1. The maximum atomic E-state index is 13.7. The normalized spacial score (nSPS) is 15.3. The van der Waals surface area contributed by atoms with Gasteiger partial charge in [0.1, 0.15) is 13.8 Å². The minimum Gasteiger partial charge on any atom is -0.349 e. The van der Waals surface area contributed by atoms with Crippen molar-refractivity contribution in [3.8, 4) is 0 Å². The molecule has 1 aromatic heterocycles. The van der Waals surface area contributed by atoms with Gasteiger partial charge in [0.25, 0.3) is 0 Å². The van der Waals surface area contributed by atoms with Gasteiger partial charge in [-0.1, -0.05) is 19.6 Å². The van der Waals surface area contributed by atoms with E-state index >= 15 is 0 Å². The first-order valence-corrected chi connectivity index (χ1v) is 9.29. The highest BCUT2D eigenvalue weighted by Gasteiger charge is 2.33. The Kier molecular flexibility index (Phi) is 3.19. The molecular weight excluding hydrogens is 265 g/mol. The van der Waals surface area contributed by atoms with Gasteiger partial charge in [-0.05, 0) is 12.1 Å². The van der Waals surface area contributed by atoms with Crippen LogP contribution in [0, 0.1) is 5.95 Å². The number of nitrogens with one attached hydrogen (secondary N) is 1. The SMILES string of the molecule is C[Si](C)(C)C1=CN(c2cccnc2F)N(C(N)=O)N1. The second-order valence-electron chi connectivity index (χ2n) is 5.21. The molecule has 0 atom stereocenters. The summed E-state index contributed by atoms with van der Waals surface area (Å²) >= 11 is 0. The zero-order valence-electron chi connectivity index (χ0n) is 11.0. The van der Waals surface area contributed by atoms with Gasteiger partial charge in [0.05, 0.1) is 0 Å². The molecule has 1 aliphatic heterocycles. The second-order valence-corrected chi connectivity index (χ2v) is 10.3. The van der Waals surface area contributed by atoms with Gasteiger partial charge in [-0.15, -0.1) is 5.12 Å². The predicted octanol–water partition coefficient (Wildman–Crippen LogP) is 1.56. The van der Waals surface area contributed by atoms with Crippen molar-refractivity contribution in [3.63, 3.8) is 0 Å². The average molecular weight is 281 g/mol. The highest BCUT2D eigenvalue weighted by Crippen LogP contribution is 2.26. The van der Waals surface area contributed by atoms with E-state index in [2.05, 4.69) is 30.1 Å². The van der Waals surface area contributed by atoms with Gasteiger partial charge in [0, 0.05) is 17.7 Å². The van der Waals surface area contributed by atoms with Crippen LogP contribution in [-0.2, 0) is 0 Å². The van der Waals surface area contributed by atoms with E-state index < -0.39 is 20.1 Å². The summed E-state index contributed by atoms with van der Waals surface area (Å²) in [6.45, 7) is 6.32. The molecule has 0 fully saturated rings. The number of nitrogens with zero attached hydrogens (tertiary/aromatic N) is 3. The van der Waals surface area contributed by atoms with Gasteiger partial charge in [-0.2, -0.15) is 4.39 Å². The fourth-order valence-corrected chi connectivity index (χ4v) is 2.58. The van der Waals surface area contributed by atoms with Crippen LogP contribution in [-0.4, -0.2) is 24.2 Å². The molecule has 2 rings (SSSR count). The maximum Gasteiger partial charge on any atom is 0.353 e. The molecule has 8 heteroatoms. The molecule has 0 aliphatic carbocycles. The van der Waals surface area contributed by atoms with Crippen molar-refractivity contribution in [1.29, 1.82) is 0 Å². The second kappa shape index (κ2) is 4.54. The molecule has 0 saturated carbocycles. The molecule has 1 aliphatic rings. The molecule has 2 amide bonds. The Morgan fingerprint density at radius 2 is 2.16 bits per heavy atom. The van der Waals surface area contributed by atoms with Crippen LogP contribution in [0.4, 0.5) is 14.9 Å². The molecule has 0 unspecified atom stereocenters. The summed E-state index contributed by atoms with van der Waals surface area (Å²) in [7, 11) is -1.69. The number of carbonyl (C=O) groups excluding carboxylic acids is 1. The molecule has 102 valence electrons. The van der Waals surface area contributed by atoms with Gasteiger partial charge in [0.2, 0.25) is 5.95 Å². The smallest absolute Gasteiger partial charge is 0.349 e. The molecule has 0 aromatic carbocycles. The first kappa shape index (κ1) is 13.3. The molecule has 6 nitrogen and oxygen atoms in total. The number of hydrogen-bond donors (Lipinski definition) is 2. The molecule has 0 spiro atoms. The number of halogens is 1. The highest BCUT2D eigenvalue weighted by atomic mass is 28.3. The zero-order chi connectivity index (χ0) is 14.2. The first-order valence-electron chi connectivity index (χ1n) is 5.79. The molecule has 3 N–H and O–H groups in total. The number of rotatable bonds is 2. The van der Waals surface area contributed by atoms with Crippen LogP contribution >= 0.6 is 0 Å². The van der Waals surface area contributed by atoms with Gasteiger partial charge in [-0.3, -0.25) is 5.43 Å². The van der Waals surface area contributed by atoms with Crippen LogP contribution in [0.15, 0.2) is 29.8 Å². The van der Waals surface area contributed by atoms with Gasteiger partial charge >= 0.3 is 6.03 Å². The Balaban J connectivity index is 2.43. The molecule has 1 aromatic rings. The molecule has 0 saturated heterocycles. The van der Waals surface area contributed by atoms with E-state index in [0.717, 1.165) is 10.4 Å². The van der Waals surface area contributed by atoms with E-state index in [9.17, 15) is 9.18 Å². The quantitative estimate of drug-likeness (QED) is 0.637. The van der Waals surface area contributed by atoms with Crippen molar-refractivity contribution in [2.45, 2.75) is 19.6 Å². The lowest BCUT2D eigenvalue weighted by Gasteiger charge is -2.27. The number of pyridine rings is 1. The molecular formula is C11H16FN5OSi. The van der Waals surface area contributed by atoms with Crippen molar-refractivity contribution in [2.75, 3.05) is 5.01 Å². The fourth-order valence-electron chi connectivity index (χ4n) is 1.63. The summed E-state index contributed by atoms with van der Waals surface area (Å²) in [5.41, 5.74) is 8.39. The largest absolute Gasteiger partial charge is 0.353 e. The maximum absolute atomic E-state index is 13.7. The lowest BCUT2D eigenvalue weighted by Crippen LogP contribution is -2.51. The van der Waals surface area contributed by atoms with E-state index in [4.69, 9.17) is 5.73 Å². The minimum atomic E-state index is -1.69. The monoisotopic (exact) mass is 281 g/mol. The van der Waals surface area contributed by atoms with Crippen molar-refractivity contribution in [3.05, 3.63) is 35.8 Å². The number of hydrogen-bond acceptors (Lipinski definition) is 4. The third-order valence-electron chi connectivity index (χ3n) is 2.70. The summed E-state index contributed by atoms with van der Waals surface area (Å²) in [6, 6.07) is 2.41. The Morgan fingerprint density at radius 3 is 2.68 bits per heavy atom. The van der Waals surface area contributed by atoms with Crippen LogP contribution in [0.5, 0.6) is 0 Å². The standard InChI is InChI=1S/C11H16FN5OSi/c1-19(2,3)9-7-16(17(15-9)11(13)18)8-5-4-6-14-10(8)12/h4-7,15H,1-3H3,(H2,13,18). The van der Waals surface area contributed by atoms with E-state index in [0.29, 0.717) is 0 Å². The Labute approximate surface area is 111 Å². The number of aromatic nitrogens is 1. The van der Waals surface area contributed by atoms with Crippen LogP contribution in [0.1, 0.15) is 0 Å². The fraction of sp³-hybridized carbons (Fsp3) is 0.273. The number of amides is 2. The van der Waals surface area contributed by atoms with Gasteiger partial charge < -0.3 is 5.73 Å². The highest BCUT2D eigenvalue weighted by molar-refractivity contribution is 6.83. The van der Waals surface area contributed by atoms with Crippen LogP contribution in [0.2, 0.25) is 19.6 Å². The molecule has 2 heterocycles. The Hall–Kier alpha value is -2.09. The Morgan fingerprint density at radius 1 is 1.47 bits per heavy atom. The third kappa shape index (κ3) is 2.52. The van der Waals surface area contributed by atoms with Crippen LogP contribution in [0.3, 0.4) is 0 Å². The van der Waals surface area contributed by atoms with Crippen LogP contribution in [0.25, 0.3) is 0 Å². The van der Waals surface area contributed by atoms with Crippen molar-refractivity contribution >= 4 is 19.8 Å². The summed E-state index contributed by atoms with van der Waals surface area (Å²) in [6.07, 6.45) is 3.04. The van der Waals surface area contributed by atoms with E-state index in [1.54, 1.807) is 12.3 Å². The van der Waals surface area contributed by atoms with Crippen molar-refractivity contribution < 1.29 is 9.18 Å². The molecule has 0 bridgehead atoms.